The summed E-state index contributed by atoms with van der Waals surface area (Å²) in [6.45, 7) is 0.826. The van der Waals surface area contributed by atoms with Crippen molar-refractivity contribution in [3.63, 3.8) is 0 Å². The smallest absolute Gasteiger partial charge is 0.338 e. The topological polar surface area (TPSA) is 94.6 Å². The molecular weight excluding hydrogens is 252 g/mol. The van der Waals surface area contributed by atoms with Crippen LogP contribution in [0.3, 0.4) is 0 Å². The molecule has 0 aliphatic heterocycles. The number of hydrogen-bond acceptors (Lipinski definition) is 4. The number of hydrogen-bond donors (Lipinski definition) is 1. The van der Waals surface area contributed by atoms with E-state index in [4.69, 9.17) is 9.84 Å². The normalized spacial score (nSPS) is 10.8. The molecule has 0 aliphatic rings. The Balaban J connectivity index is 2.71. The van der Waals surface area contributed by atoms with Crippen LogP contribution >= 0.6 is 0 Å². The first-order chi connectivity index (χ1) is 9.06. The third-order valence-corrected chi connectivity index (χ3v) is 2.85. The summed E-state index contributed by atoms with van der Waals surface area (Å²) in [5.74, 6) is -1.18. The van der Waals surface area contributed by atoms with Gasteiger partial charge in [0.05, 0.1) is 28.0 Å². The van der Waals surface area contributed by atoms with Gasteiger partial charge in [-0.3, -0.25) is 10.1 Å². The number of nitrogens with zero attached hydrogens (tertiary/aromatic N) is 2. The van der Waals surface area contributed by atoms with Crippen molar-refractivity contribution in [3.05, 3.63) is 40.1 Å². The summed E-state index contributed by atoms with van der Waals surface area (Å²) in [4.78, 5) is 21.6. The highest BCUT2D eigenvalue weighted by molar-refractivity contribution is 6.07. The zero-order valence-electron chi connectivity index (χ0n) is 10.2. The lowest BCUT2D eigenvalue weighted by molar-refractivity contribution is -0.383. The third kappa shape index (κ3) is 2.27. The second kappa shape index (κ2) is 5.07. The van der Waals surface area contributed by atoms with Gasteiger partial charge in [-0.15, -0.1) is 0 Å². The third-order valence-electron chi connectivity index (χ3n) is 2.85. The van der Waals surface area contributed by atoms with Crippen LogP contribution in [0.2, 0.25) is 0 Å². The molecule has 0 atom stereocenters. The molecule has 2 rings (SSSR count). The van der Waals surface area contributed by atoms with Crippen LogP contribution in [0, 0.1) is 10.1 Å². The molecule has 7 nitrogen and oxygen atoms in total. The van der Waals surface area contributed by atoms with E-state index in [2.05, 4.69) is 0 Å². The molecule has 0 saturated carbocycles. The minimum Gasteiger partial charge on any atom is -0.478 e. The van der Waals surface area contributed by atoms with Crippen LogP contribution < -0.4 is 0 Å². The number of non-ortho nitro benzene ring substituents is 1. The highest BCUT2D eigenvalue weighted by atomic mass is 16.6. The maximum absolute atomic E-state index is 11.2. The number of benzene rings is 1. The van der Waals surface area contributed by atoms with Crippen LogP contribution in [0.4, 0.5) is 5.69 Å². The second-order valence-electron chi connectivity index (χ2n) is 3.96. The van der Waals surface area contributed by atoms with E-state index in [0.717, 1.165) is 0 Å². The van der Waals surface area contributed by atoms with Crippen molar-refractivity contribution in [1.82, 2.24) is 4.57 Å². The van der Waals surface area contributed by atoms with Crippen molar-refractivity contribution < 1.29 is 19.6 Å². The number of nitro groups is 1. The largest absolute Gasteiger partial charge is 0.478 e. The fourth-order valence-electron chi connectivity index (χ4n) is 2.02. The Labute approximate surface area is 108 Å². The molecule has 0 radical (unpaired) electrons. The first-order valence-corrected chi connectivity index (χ1v) is 5.54. The van der Waals surface area contributed by atoms with Crippen molar-refractivity contribution >= 4 is 22.6 Å². The van der Waals surface area contributed by atoms with E-state index in [1.807, 2.05) is 0 Å². The first kappa shape index (κ1) is 13.0. The fraction of sp³-hybridized carbons (Fsp3) is 0.250. The lowest BCUT2D eigenvalue weighted by Gasteiger charge is -2.03. The fourth-order valence-corrected chi connectivity index (χ4v) is 2.02. The number of fused-ring (bicyclic) bond motifs is 1. The molecule has 2 aromatic rings. The molecular formula is C12H12N2O5. The van der Waals surface area contributed by atoms with Gasteiger partial charge in [0.2, 0.25) is 0 Å². The Morgan fingerprint density at radius 1 is 1.53 bits per heavy atom. The van der Waals surface area contributed by atoms with Crippen LogP contribution in [0.5, 0.6) is 0 Å². The average molecular weight is 264 g/mol. The molecule has 0 amide bonds. The Bertz CT molecular complexity index is 647. The van der Waals surface area contributed by atoms with Crippen molar-refractivity contribution in [3.8, 4) is 0 Å². The molecule has 1 heterocycles. The highest BCUT2D eigenvalue weighted by Gasteiger charge is 2.22. The SMILES string of the molecule is COCCn1cc(C(=O)O)c2c([N+](=O)[O-])cccc21. The summed E-state index contributed by atoms with van der Waals surface area (Å²) in [6, 6.07) is 4.50. The lowest BCUT2D eigenvalue weighted by atomic mass is 10.1. The lowest BCUT2D eigenvalue weighted by Crippen LogP contribution is -2.02. The van der Waals surface area contributed by atoms with Gasteiger partial charge in [-0.1, -0.05) is 6.07 Å². The quantitative estimate of drug-likeness (QED) is 0.657. The Kier molecular flexibility index (Phi) is 3.48. The highest BCUT2D eigenvalue weighted by Crippen LogP contribution is 2.30. The molecule has 0 spiro atoms. The molecule has 1 aromatic carbocycles. The molecule has 7 heteroatoms. The van der Waals surface area contributed by atoms with E-state index in [1.54, 1.807) is 10.6 Å². The number of carboxylic acid groups (broad SMARTS) is 1. The van der Waals surface area contributed by atoms with E-state index >= 15 is 0 Å². The standard InChI is InChI=1S/C12H12N2O5/c1-19-6-5-13-7-8(12(15)16)11-9(13)3-2-4-10(11)14(17)18/h2-4,7H,5-6H2,1H3,(H,15,16). The molecule has 100 valence electrons. The minimum atomic E-state index is -1.18. The van der Waals surface area contributed by atoms with Gasteiger partial charge < -0.3 is 14.4 Å². The number of aromatic nitrogens is 1. The predicted octanol–water partition coefficient (Wildman–Crippen LogP) is 1.89. The number of carboxylic acids is 1. The Hall–Kier alpha value is -2.41. The molecule has 0 fully saturated rings. The number of carbonyl (C=O) groups is 1. The maximum atomic E-state index is 11.2. The summed E-state index contributed by atoms with van der Waals surface area (Å²) in [7, 11) is 1.53. The van der Waals surface area contributed by atoms with Gasteiger partial charge >= 0.3 is 5.97 Å². The summed E-state index contributed by atoms with van der Waals surface area (Å²) < 4.78 is 6.59. The van der Waals surface area contributed by atoms with Gasteiger partial charge in [0, 0.05) is 25.9 Å². The van der Waals surface area contributed by atoms with Gasteiger partial charge in [-0.05, 0) is 6.07 Å². The van der Waals surface area contributed by atoms with Gasteiger partial charge in [0.15, 0.2) is 0 Å². The summed E-state index contributed by atoms with van der Waals surface area (Å²) in [5, 5.41) is 20.3. The molecule has 0 aliphatic carbocycles. The number of methoxy groups -OCH3 is 1. The number of nitro benzene ring substituents is 1. The zero-order valence-corrected chi connectivity index (χ0v) is 10.2. The monoisotopic (exact) mass is 264 g/mol. The predicted molar refractivity (Wildman–Crippen MR) is 67.4 cm³/mol. The van der Waals surface area contributed by atoms with Gasteiger partial charge in [0.1, 0.15) is 0 Å². The molecule has 0 bridgehead atoms. The van der Waals surface area contributed by atoms with Crippen molar-refractivity contribution in [2.45, 2.75) is 6.54 Å². The van der Waals surface area contributed by atoms with E-state index in [0.29, 0.717) is 18.7 Å². The van der Waals surface area contributed by atoms with Crippen LogP contribution in [0.15, 0.2) is 24.4 Å². The number of ether oxygens (including phenoxy) is 1. The van der Waals surface area contributed by atoms with Crippen molar-refractivity contribution in [2.24, 2.45) is 0 Å². The first-order valence-electron chi connectivity index (χ1n) is 5.54. The summed E-state index contributed by atoms with van der Waals surface area (Å²) in [5.41, 5.74) is 0.244. The van der Waals surface area contributed by atoms with Crippen LogP contribution in [-0.2, 0) is 11.3 Å². The van der Waals surface area contributed by atoms with E-state index in [1.165, 1.54) is 25.4 Å². The zero-order chi connectivity index (χ0) is 14.0. The van der Waals surface area contributed by atoms with Gasteiger partial charge in [0.25, 0.3) is 5.69 Å². The Morgan fingerprint density at radius 3 is 2.84 bits per heavy atom. The summed E-state index contributed by atoms with van der Waals surface area (Å²) in [6.07, 6.45) is 1.40. The number of rotatable bonds is 5. The van der Waals surface area contributed by atoms with Gasteiger partial charge in [-0.2, -0.15) is 0 Å². The van der Waals surface area contributed by atoms with Crippen molar-refractivity contribution in [2.75, 3.05) is 13.7 Å². The number of aromatic carboxylic acids is 1. The maximum Gasteiger partial charge on any atom is 0.338 e. The minimum absolute atomic E-state index is 0.0709. The van der Waals surface area contributed by atoms with E-state index in [9.17, 15) is 14.9 Å². The van der Waals surface area contributed by atoms with Gasteiger partial charge in [-0.25, -0.2) is 4.79 Å². The average Bonchev–Trinajstić information content (AvgIpc) is 2.75. The molecule has 1 N–H and O–H groups in total. The molecule has 0 unspecified atom stereocenters. The van der Waals surface area contributed by atoms with Crippen molar-refractivity contribution in [1.29, 1.82) is 0 Å². The second-order valence-corrected chi connectivity index (χ2v) is 3.96. The van der Waals surface area contributed by atoms with E-state index in [-0.39, 0.29) is 16.6 Å². The van der Waals surface area contributed by atoms with Crippen LogP contribution in [-0.4, -0.2) is 34.3 Å². The van der Waals surface area contributed by atoms with Crippen LogP contribution in [0.25, 0.3) is 10.9 Å². The Morgan fingerprint density at radius 2 is 2.26 bits per heavy atom. The summed E-state index contributed by atoms with van der Waals surface area (Å²) >= 11 is 0. The molecule has 0 saturated heterocycles. The van der Waals surface area contributed by atoms with E-state index < -0.39 is 10.9 Å². The molecule has 1 aromatic heterocycles. The van der Waals surface area contributed by atoms with Crippen LogP contribution in [0.1, 0.15) is 10.4 Å². The molecule has 19 heavy (non-hydrogen) atoms.